The Labute approximate surface area is 104 Å². The topological polar surface area (TPSA) is 112 Å². The van der Waals surface area contributed by atoms with Gasteiger partial charge in [0.25, 0.3) is 0 Å². The third-order valence-electron chi connectivity index (χ3n) is 2.22. The molecule has 1 heterocycles. The van der Waals surface area contributed by atoms with Crippen molar-refractivity contribution in [3.63, 3.8) is 0 Å². The fourth-order valence-corrected chi connectivity index (χ4v) is 1.23. The van der Waals surface area contributed by atoms with Crippen LogP contribution in [-0.4, -0.2) is 39.8 Å². The summed E-state index contributed by atoms with van der Waals surface area (Å²) in [6.45, 7) is 1.39. The Morgan fingerprint density at radius 1 is 1.44 bits per heavy atom. The quantitative estimate of drug-likeness (QED) is 0.585. The monoisotopic (exact) mass is 253 g/mol. The Morgan fingerprint density at radius 2 is 2.17 bits per heavy atom. The Balaban J connectivity index is 2.39. The number of carboxylic acids is 1. The van der Waals surface area contributed by atoms with E-state index in [0.717, 1.165) is 0 Å². The second-order valence-electron chi connectivity index (χ2n) is 3.68. The molecule has 0 saturated heterocycles. The average molecular weight is 253 g/mol. The van der Waals surface area contributed by atoms with Gasteiger partial charge in [-0.15, -0.1) is 0 Å². The van der Waals surface area contributed by atoms with Gasteiger partial charge in [-0.3, -0.25) is 4.98 Å². The van der Waals surface area contributed by atoms with Gasteiger partial charge in [-0.2, -0.15) is 0 Å². The highest BCUT2D eigenvalue weighted by Crippen LogP contribution is 2.06. The van der Waals surface area contributed by atoms with Crippen molar-refractivity contribution >= 4 is 12.0 Å². The van der Waals surface area contributed by atoms with E-state index in [0.29, 0.717) is 5.69 Å². The lowest BCUT2D eigenvalue weighted by Gasteiger charge is -2.14. The van der Waals surface area contributed by atoms with E-state index in [-0.39, 0.29) is 12.6 Å². The first-order chi connectivity index (χ1) is 8.50. The van der Waals surface area contributed by atoms with Crippen LogP contribution in [0.5, 0.6) is 0 Å². The predicted octanol–water partition coefficient (Wildman–Crippen LogP) is -0.113. The van der Waals surface area contributed by atoms with Crippen LogP contribution in [-0.2, 0) is 4.79 Å². The second-order valence-corrected chi connectivity index (χ2v) is 3.68. The molecule has 7 nitrogen and oxygen atoms in total. The van der Waals surface area contributed by atoms with Crippen molar-refractivity contribution in [2.24, 2.45) is 0 Å². The maximum Gasteiger partial charge on any atom is 0.334 e. The molecule has 0 aliphatic rings. The number of hydrogen-bond donors (Lipinski definition) is 4. The van der Waals surface area contributed by atoms with Crippen molar-refractivity contribution in [2.75, 3.05) is 6.54 Å². The van der Waals surface area contributed by atoms with E-state index in [1.165, 1.54) is 0 Å². The zero-order valence-electron chi connectivity index (χ0n) is 9.83. The third kappa shape index (κ3) is 4.38. The van der Waals surface area contributed by atoms with Crippen molar-refractivity contribution < 1.29 is 19.8 Å². The minimum Gasteiger partial charge on any atom is -0.479 e. The van der Waals surface area contributed by atoms with E-state index in [2.05, 4.69) is 15.6 Å². The summed E-state index contributed by atoms with van der Waals surface area (Å²) in [6, 6.07) is 4.45. The first-order valence-electron chi connectivity index (χ1n) is 5.37. The minimum absolute atomic E-state index is 0.312. The number of hydrogen-bond acceptors (Lipinski definition) is 4. The summed E-state index contributed by atoms with van der Waals surface area (Å²) < 4.78 is 0. The van der Waals surface area contributed by atoms with E-state index in [9.17, 15) is 9.59 Å². The Hall–Kier alpha value is -2.15. The number of nitrogens with zero attached hydrogens (tertiary/aromatic N) is 1. The summed E-state index contributed by atoms with van der Waals surface area (Å²) in [6.07, 6.45) is 0.000442. The van der Waals surface area contributed by atoms with Crippen molar-refractivity contribution in [2.45, 2.75) is 19.1 Å². The summed E-state index contributed by atoms with van der Waals surface area (Å²) in [4.78, 5) is 25.8. The highest BCUT2D eigenvalue weighted by molar-refractivity contribution is 5.76. The highest BCUT2D eigenvalue weighted by Gasteiger charge is 2.15. The molecule has 2 atom stereocenters. The van der Waals surface area contributed by atoms with Gasteiger partial charge in [-0.05, 0) is 19.1 Å². The molecule has 7 heteroatoms. The number of carbonyl (C=O) groups excluding carboxylic acids is 1. The number of aliphatic hydroxyl groups excluding tert-OH is 1. The van der Waals surface area contributed by atoms with Gasteiger partial charge in [-0.1, -0.05) is 6.07 Å². The SMILES string of the molecule is CC(NC(=O)NCC(O)C(=O)O)c1ccccn1. The van der Waals surface area contributed by atoms with Crippen LogP contribution in [0.3, 0.4) is 0 Å². The molecule has 0 spiro atoms. The summed E-state index contributed by atoms with van der Waals surface area (Å²) in [7, 11) is 0. The Kier molecular flexibility index (Phi) is 5.06. The molecule has 0 fully saturated rings. The lowest BCUT2D eigenvalue weighted by Crippen LogP contribution is -2.42. The molecule has 0 aromatic carbocycles. The largest absolute Gasteiger partial charge is 0.479 e. The van der Waals surface area contributed by atoms with E-state index in [4.69, 9.17) is 10.2 Å². The molecule has 1 aromatic rings. The van der Waals surface area contributed by atoms with Gasteiger partial charge in [0, 0.05) is 6.20 Å². The fraction of sp³-hybridized carbons (Fsp3) is 0.364. The average Bonchev–Trinajstić information content (AvgIpc) is 2.36. The van der Waals surface area contributed by atoms with E-state index in [1.807, 2.05) is 0 Å². The lowest BCUT2D eigenvalue weighted by atomic mass is 10.2. The van der Waals surface area contributed by atoms with Crippen LogP contribution < -0.4 is 10.6 Å². The number of rotatable bonds is 5. The van der Waals surface area contributed by atoms with Crippen LogP contribution in [0.4, 0.5) is 4.79 Å². The van der Waals surface area contributed by atoms with Crippen molar-refractivity contribution in [3.05, 3.63) is 30.1 Å². The van der Waals surface area contributed by atoms with E-state index < -0.39 is 18.1 Å². The lowest BCUT2D eigenvalue weighted by molar-refractivity contribution is -0.146. The number of urea groups is 1. The number of pyridine rings is 1. The van der Waals surface area contributed by atoms with Crippen LogP contribution >= 0.6 is 0 Å². The number of aliphatic carboxylic acids is 1. The van der Waals surface area contributed by atoms with Gasteiger partial charge < -0.3 is 20.8 Å². The predicted molar refractivity (Wildman–Crippen MR) is 62.8 cm³/mol. The van der Waals surface area contributed by atoms with Gasteiger partial charge in [0.05, 0.1) is 18.3 Å². The molecule has 1 rings (SSSR count). The highest BCUT2D eigenvalue weighted by atomic mass is 16.4. The molecule has 18 heavy (non-hydrogen) atoms. The number of carboxylic acid groups (broad SMARTS) is 1. The zero-order valence-corrected chi connectivity index (χ0v) is 9.83. The molecule has 0 saturated carbocycles. The van der Waals surface area contributed by atoms with E-state index in [1.54, 1.807) is 31.3 Å². The smallest absolute Gasteiger partial charge is 0.334 e. The molecule has 0 radical (unpaired) electrons. The number of aromatic nitrogens is 1. The molecule has 2 unspecified atom stereocenters. The van der Waals surface area contributed by atoms with Crippen LogP contribution in [0.2, 0.25) is 0 Å². The standard InChI is InChI=1S/C11H15N3O4/c1-7(8-4-2-3-5-12-8)14-11(18)13-6-9(15)10(16)17/h2-5,7,9,15H,6H2,1H3,(H,16,17)(H2,13,14,18). The molecular formula is C11H15N3O4. The minimum atomic E-state index is -1.61. The zero-order chi connectivity index (χ0) is 13.5. The van der Waals surface area contributed by atoms with Gasteiger partial charge in [0.2, 0.25) is 0 Å². The maximum atomic E-state index is 11.4. The summed E-state index contributed by atoms with van der Waals surface area (Å²) >= 11 is 0. The molecule has 4 N–H and O–H groups in total. The number of nitrogens with one attached hydrogen (secondary N) is 2. The van der Waals surface area contributed by atoms with Gasteiger partial charge >= 0.3 is 12.0 Å². The number of carbonyl (C=O) groups is 2. The third-order valence-corrected chi connectivity index (χ3v) is 2.22. The first kappa shape index (κ1) is 13.9. The summed E-state index contributed by atoms with van der Waals surface area (Å²) in [5, 5.41) is 22.2. The van der Waals surface area contributed by atoms with Crippen LogP contribution in [0.25, 0.3) is 0 Å². The van der Waals surface area contributed by atoms with Crippen LogP contribution in [0.15, 0.2) is 24.4 Å². The van der Waals surface area contributed by atoms with Gasteiger partial charge in [0.15, 0.2) is 6.10 Å². The Bertz CT molecular complexity index is 410. The van der Waals surface area contributed by atoms with E-state index >= 15 is 0 Å². The first-order valence-corrected chi connectivity index (χ1v) is 5.37. The Morgan fingerprint density at radius 3 is 2.72 bits per heavy atom. The molecule has 1 aromatic heterocycles. The van der Waals surface area contributed by atoms with Crippen molar-refractivity contribution in [1.82, 2.24) is 15.6 Å². The number of aliphatic hydroxyl groups is 1. The van der Waals surface area contributed by atoms with Gasteiger partial charge in [0.1, 0.15) is 0 Å². The number of amides is 2. The molecule has 2 amide bonds. The van der Waals surface area contributed by atoms with Crippen molar-refractivity contribution in [3.8, 4) is 0 Å². The molecule has 0 aliphatic heterocycles. The van der Waals surface area contributed by atoms with Crippen LogP contribution in [0.1, 0.15) is 18.7 Å². The molecule has 0 bridgehead atoms. The normalized spacial score (nSPS) is 13.4. The fourth-order valence-electron chi connectivity index (χ4n) is 1.23. The van der Waals surface area contributed by atoms with Crippen LogP contribution in [0, 0.1) is 0 Å². The molecule has 0 aliphatic carbocycles. The second kappa shape index (κ2) is 6.55. The summed E-state index contributed by atoms with van der Waals surface area (Å²) in [5.74, 6) is -1.38. The van der Waals surface area contributed by atoms with Gasteiger partial charge in [-0.25, -0.2) is 9.59 Å². The molecule has 98 valence electrons. The molecular weight excluding hydrogens is 238 g/mol. The maximum absolute atomic E-state index is 11.4. The summed E-state index contributed by atoms with van der Waals surface area (Å²) in [5.41, 5.74) is 0.687. The van der Waals surface area contributed by atoms with Crippen molar-refractivity contribution in [1.29, 1.82) is 0 Å².